The number of hydrogen-bond donors (Lipinski definition) is 0. The summed E-state index contributed by atoms with van der Waals surface area (Å²) in [6.07, 6.45) is 41.2. The Hall–Kier alpha value is -0.660. The SMILES string of the molecule is CCCCCCCCCCCCCCCC1N(CCCCCCCCCCCCC)C=CN1C(C)C. The highest BCUT2D eigenvalue weighted by atomic mass is 15.4. The predicted octanol–water partition coefficient (Wildman–Crippen LogP) is 11.6. The summed E-state index contributed by atoms with van der Waals surface area (Å²) in [6, 6.07) is 0.607. The van der Waals surface area contributed by atoms with Gasteiger partial charge in [0.15, 0.2) is 0 Å². The van der Waals surface area contributed by atoms with Crippen LogP contribution >= 0.6 is 0 Å². The summed E-state index contributed by atoms with van der Waals surface area (Å²) >= 11 is 0. The van der Waals surface area contributed by atoms with Crippen LogP contribution in [0.25, 0.3) is 0 Å². The molecule has 0 fully saturated rings. The minimum Gasteiger partial charge on any atom is -0.356 e. The third kappa shape index (κ3) is 17.7. The van der Waals surface area contributed by atoms with Gasteiger partial charge in [-0.15, -0.1) is 0 Å². The number of hydrogen-bond acceptors (Lipinski definition) is 2. The molecule has 214 valence electrons. The first-order chi connectivity index (χ1) is 17.7. The fourth-order valence-corrected chi connectivity index (χ4v) is 5.89. The van der Waals surface area contributed by atoms with Crippen LogP contribution < -0.4 is 0 Å². The van der Waals surface area contributed by atoms with E-state index < -0.39 is 0 Å². The fourth-order valence-electron chi connectivity index (χ4n) is 5.89. The zero-order chi connectivity index (χ0) is 26.1. The van der Waals surface area contributed by atoms with Crippen LogP contribution in [0.2, 0.25) is 0 Å². The van der Waals surface area contributed by atoms with Gasteiger partial charge in [-0.1, -0.05) is 155 Å². The van der Waals surface area contributed by atoms with Gasteiger partial charge in [-0.25, -0.2) is 0 Å². The highest BCUT2D eigenvalue weighted by Gasteiger charge is 2.26. The van der Waals surface area contributed by atoms with Gasteiger partial charge in [-0.3, -0.25) is 0 Å². The van der Waals surface area contributed by atoms with Gasteiger partial charge in [-0.05, 0) is 33.1 Å². The molecule has 36 heavy (non-hydrogen) atoms. The zero-order valence-corrected chi connectivity index (χ0v) is 25.6. The molecule has 2 heteroatoms. The van der Waals surface area contributed by atoms with Crippen molar-refractivity contribution in [3.63, 3.8) is 0 Å². The highest BCUT2D eigenvalue weighted by molar-refractivity contribution is 4.98. The summed E-state index contributed by atoms with van der Waals surface area (Å²) < 4.78 is 0. The second-order valence-corrected chi connectivity index (χ2v) is 12.1. The van der Waals surface area contributed by atoms with Crippen molar-refractivity contribution >= 4 is 0 Å². The molecule has 1 rings (SSSR count). The molecular weight excluding hydrogens is 436 g/mol. The van der Waals surface area contributed by atoms with Crippen LogP contribution in [0.15, 0.2) is 12.4 Å². The summed E-state index contributed by atoms with van der Waals surface area (Å²) in [5.74, 6) is 0. The molecule has 0 saturated heterocycles. The topological polar surface area (TPSA) is 6.48 Å². The number of rotatable bonds is 27. The van der Waals surface area contributed by atoms with Crippen molar-refractivity contribution in [3.8, 4) is 0 Å². The van der Waals surface area contributed by atoms with Crippen molar-refractivity contribution in [3.05, 3.63) is 12.4 Å². The Bertz CT molecular complexity index is 472. The van der Waals surface area contributed by atoms with Gasteiger partial charge < -0.3 is 9.80 Å². The Kier molecular flexibility index (Phi) is 22.9. The predicted molar refractivity (Wildman–Crippen MR) is 163 cm³/mol. The van der Waals surface area contributed by atoms with Crippen molar-refractivity contribution in [2.75, 3.05) is 6.54 Å². The first kappa shape index (κ1) is 33.4. The average molecular weight is 505 g/mol. The van der Waals surface area contributed by atoms with Crippen molar-refractivity contribution < 1.29 is 0 Å². The summed E-state index contributed by atoms with van der Waals surface area (Å²) in [7, 11) is 0. The van der Waals surface area contributed by atoms with Crippen LogP contribution in [0.5, 0.6) is 0 Å². The normalized spacial score (nSPS) is 15.6. The molecule has 0 aromatic rings. The van der Waals surface area contributed by atoms with Crippen LogP contribution in [0, 0.1) is 0 Å². The summed E-state index contributed by atoms with van der Waals surface area (Å²) in [4.78, 5) is 5.27. The van der Waals surface area contributed by atoms with E-state index in [4.69, 9.17) is 0 Å². The van der Waals surface area contributed by atoms with E-state index in [0.29, 0.717) is 12.2 Å². The smallest absolute Gasteiger partial charge is 0.101 e. The minimum atomic E-state index is 0.607. The third-order valence-electron chi connectivity index (χ3n) is 8.34. The quantitative estimate of drug-likeness (QED) is 0.103. The molecule has 0 bridgehead atoms. The van der Waals surface area contributed by atoms with E-state index in [1.54, 1.807) is 0 Å². The maximum Gasteiger partial charge on any atom is 0.101 e. The standard InChI is InChI=1S/C34H68N2/c1-5-7-9-11-13-15-17-18-19-21-23-25-27-29-34-35(31-32-36(34)33(3)4)30-28-26-24-22-20-16-14-12-10-8-6-2/h31-34H,5-30H2,1-4H3. The summed E-state index contributed by atoms with van der Waals surface area (Å²) in [5, 5.41) is 0. The Morgan fingerprint density at radius 2 is 0.833 bits per heavy atom. The maximum absolute atomic E-state index is 2.66. The van der Waals surface area contributed by atoms with E-state index in [2.05, 4.69) is 49.9 Å². The highest BCUT2D eigenvalue weighted by Crippen LogP contribution is 2.25. The largest absolute Gasteiger partial charge is 0.356 e. The first-order valence-electron chi connectivity index (χ1n) is 16.9. The molecule has 1 aliphatic rings. The lowest BCUT2D eigenvalue weighted by atomic mass is 10.0. The lowest BCUT2D eigenvalue weighted by Crippen LogP contribution is -2.42. The third-order valence-corrected chi connectivity index (χ3v) is 8.34. The molecule has 0 aromatic carbocycles. The van der Waals surface area contributed by atoms with E-state index >= 15 is 0 Å². The molecule has 0 aromatic heterocycles. The zero-order valence-electron chi connectivity index (χ0n) is 25.6. The molecule has 0 N–H and O–H groups in total. The molecule has 0 spiro atoms. The van der Waals surface area contributed by atoms with Crippen LogP contribution in [0.1, 0.15) is 188 Å². The van der Waals surface area contributed by atoms with Crippen LogP contribution in [0.3, 0.4) is 0 Å². The van der Waals surface area contributed by atoms with E-state index in [-0.39, 0.29) is 0 Å². The van der Waals surface area contributed by atoms with Gasteiger partial charge in [0.25, 0.3) is 0 Å². The Morgan fingerprint density at radius 1 is 0.472 bits per heavy atom. The molecular formula is C34H68N2. The minimum absolute atomic E-state index is 0.607. The molecule has 1 atom stereocenters. The first-order valence-corrected chi connectivity index (χ1v) is 16.9. The van der Waals surface area contributed by atoms with Crippen LogP contribution in [0.4, 0.5) is 0 Å². The second-order valence-electron chi connectivity index (χ2n) is 12.1. The maximum atomic E-state index is 2.66. The molecule has 1 aliphatic heterocycles. The fraction of sp³-hybridized carbons (Fsp3) is 0.941. The van der Waals surface area contributed by atoms with E-state index in [9.17, 15) is 0 Å². The van der Waals surface area contributed by atoms with Gasteiger partial charge in [0.2, 0.25) is 0 Å². The van der Waals surface area contributed by atoms with Crippen molar-refractivity contribution in [1.29, 1.82) is 0 Å². The van der Waals surface area contributed by atoms with Crippen LogP contribution in [-0.4, -0.2) is 28.6 Å². The van der Waals surface area contributed by atoms with Gasteiger partial charge in [0, 0.05) is 25.0 Å². The van der Waals surface area contributed by atoms with Gasteiger partial charge >= 0.3 is 0 Å². The number of nitrogens with zero attached hydrogens (tertiary/aromatic N) is 2. The molecule has 0 aliphatic carbocycles. The average Bonchev–Trinajstić information content (AvgIpc) is 3.28. The molecule has 0 radical (unpaired) electrons. The summed E-state index contributed by atoms with van der Waals surface area (Å²) in [6.45, 7) is 10.6. The molecule has 0 amide bonds. The second kappa shape index (κ2) is 24.7. The van der Waals surface area contributed by atoms with Crippen molar-refractivity contribution in [2.45, 2.75) is 200 Å². The van der Waals surface area contributed by atoms with Crippen molar-refractivity contribution in [1.82, 2.24) is 9.80 Å². The Morgan fingerprint density at radius 3 is 1.22 bits per heavy atom. The molecule has 0 saturated carbocycles. The molecule has 1 heterocycles. The van der Waals surface area contributed by atoms with Gasteiger partial charge in [0.1, 0.15) is 6.17 Å². The molecule has 2 nitrogen and oxygen atoms in total. The summed E-state index contributed by atoms with van der Waals surface area (Å²) in [5.41, 5.74) is 0. The van der Waals surface area contributed by atoms with E-state index in [0.717, 1.165) is 0 Å². The van der Waals surface area contributed by atoms with E-state index in [1.807, 2.05) is 0 Å². The van der Waals surface area contributed by atoms with Gasteiger partial charge in [0.05, 0.1) is 0 Å². The Labute approximate surface area is 229 Å². The Balaban J connectivity index is 2.04. The van der Waals surface area contributed by atoms with E-state index in [1.165, 1.54) is 167 Å². The lowest BCUT2D eigenvalue weighted by Gasteiger charge is -2.35. The molecule has 1 unspecified atom stereocenters. The van der Waals surface area contributed by atoms with Crippen molar-refractivity contribution in [2.24, 2.45) is 0 Å². The van der Waals surface area contributed by atoms with Gasteiger partial charge in [-0.2, -0.15) is 0 Å². The monoisotopic (exact) mass is 505 g/mol. The number of unbranched alkanes of at least 4 members (excludes halogenated alkanes) is 22. The van der Waals surface area contributed by atoms with Crippen LogP contribution in [-0.2, 0) is 0 Å². The lowest BCUT2D eigenvalue weighted by molar-refractivity contribution is 0.114.